The largest absolute Gasteiger partial charge is 0.350 e. The minimum atomic E-state index is 0.624. The molecular formula is C21H21N5. The van der Waals surface area contributed by atoms with E-state index in [1.165, 1.54) is 35.1 Å². The van der Waals surface area contributed by atoms with Crippen molar-refractivity contribution < 1.29 is 0 Å². The van der Waals surface area contributed by atoms with Crippen LogP contribution in [0.2, 0.25) is 0 Å². The molecule has 0 amide bonds. The molecule has 1 aromatic heterocycles. The highest BCUT2D eigenvalue weighted by atomic mass is 15.2. The van der Waals surface area contributed by atoms with E-state index in [4.69, 9.17) is 0 Å². The van der Waals surface area contributed by atoms with E-state index in [2.05, 4.69) is 62.0 Å². The molecule has 2 heterocycles. The van der Waals surface area contributed by atoms with Crippen molar-refractivity contribution in [3.05, 3.63) is 64.9 Å². The summed E-state index contributed by atoms with van der Waals surface area (Å²) in [5.74, 6) is 3.07. The van der Waals surface area contributed by atoms with Gasteiger partial charge in [0.1, 0.15) is 11.7 Å². The summed E-state index contributed by atoms with van der Waals surface area (Å²) in [5.41, 5.74) is 5.41. The lowest BCUT2D eigenvalue weighted by molar-refractivity contribution is 0.959. The number of amidine groups is 1. The lowest BCUT2D eigenvalue weighted by Gasteiger charge is -2.09. The number of nitrogens with zero attached hydrogens (tertiary/aromatic N) is 3. The van der Waals surface area contributed by atoms with E-state index in [-0.39, 0.29) is 0 Å². The second-order valence-electron chi connectivity index (χ2n) is 7.08. The molecule has 5 rings (SSSR count). The molecule has 0 bridgehead atoms. The van der Waals surface area contributed by atoms with Crippen molar-refractivity contribution in [3.8, 4) is 0 Å². The maximum absolute atomic E-state index is 4.56. The summed E-state index contributed by atoms with van der Waals surface area (Å²) in [4.78, 5) is 13.4. The van der Waals surface area contributed by atoms with Gasteiger partial charge in [0.05, 0.1) is 6.54 Å². The normalized spacial score (nSPS) is 17.7. The quantitative estimate of drug-likeness (QED) is 0.866. The van der Waals surface area contributed by atoms with E-state index in [0.29, 0.717) is 12.5 Å². The molecule has 26 heavy (non-hydrogen) atoms. The van der Waals surface area contributed by atoms with Gasteiger partial charge in [0.2, 0.25) is 5.95 Å². The first-order chi connectivity index (χ1) is 12.8. The third-order valence-electron chi connectivity index (χ3n) is 5.06. The summed E-state index contributed by atoms with van der Waals surface area (Å²) in [5, 5.41) is 6.62. The van der Waals surface area contributed by atoms with Gasteiger partial charge in [0.15, 0.2) is 0 Å². The standard InChI is InChI=1S/C21H21N5/c1-2-15-5-4-14(10-17(15)3-1)12-24-21-22-9-8-19(26-21)25-20-11-18(13-23-20)16-6-7-16/h1-2,4-5,8-11,16H,3,6-7,12-13H2,(H2,22,23,24,25,26). The van der Waals surface area contributed by atoms with Crippen LogP contribution in [0.3, 0.4) is 0 Å². The van der Waals surface area contributed by atoms with Gasteiger partial charge in [0.25, 0.3) is 0 Å². The molecule has 3 aliphatic rings. The number of aliphatic imine (C=N–C) groups is 1. The molecule has 0 spiro atoms. The summed E-state index contributed by atoms with van der Waals surface area (Å²) in [6.07, 6.45) is 12.0. The van der Waals surface area contributed by atoms with Gasteiger partial charge in [-0.25, -0.2) is 4.98 Å². The van der Waals surface area contributed by atoms with Crippen LogP contribution in [0, 0.1) is 5.92 Å². The number of hydrogen-bond acceptors (Lipinski definition) is 5. The summed E-state index contributed by atoms with van der Waals surface area (Å²) in [6, 6.07) is 8.46. The Kier molecular flexibility index (Phi) is 3.77. The van der Waals surface area contributed by atoms with Gasteiger partial charge in [-0.3, -0.25) is 4.99 Å². The fourth-order valence-electron chi connectivity index (χ4n) is 3.47. The lowest BCUT2D eigenvalue weighted by Crippen LogP contribution is -2.10. The molecule has 0 atom stereocenters. The molecule has 1 fully saturated rings. The molecule has 130 valence electrons. The van der Waals surface area contributed by atoms with Crippen LogP contribution in [-0.2, 0) is 13.0 Å². The van der Waals surface area contributed by atoms with Crippen LogP contribution in [0.4, 0.5) is 11.8 Å². The summed E-state index contributed by atoms with van der Waals surface area (Å²) in [7, 11) is 0. The number of hydrogen-bond donors (Lipinski definition) is 2. The molecule has 5 nitrogen and oxygen atoms in total. The van der Waals surface area contributed by atoms with Gasteiger partial charge in [-0.05, 0) is 59.6 Å². The number of allylic oxidation sites excluding steroid dienone is 1. The maximum Gasteiger partial charge on any atom is 0.224 e. The Hall–Kier alpha value is -2.95. The predicted octanol–water partition coefficient (Wildman–Crippen LogP) is 3.82. The fourth-order valence-corrected chi connectivity index (χ4v) is 3.47. The zero-order valence-electron chi connectivity index (χ0n) is 14.6. The Morgan fingerprint density at radius 3 is 3.04 bits per heavy atom. The molecule has 5 heteroatoms. The molecule has 1 saturated carbocycles. The van der Waals surface area contributed by atoms with E-state index >= 15 is 0 Å². The van der Waals surface area contributed by atoms with E-state index in [1.54, 1.807) is 6.20 Å². The van der Waals surface area contributed by atoms with Gasteiger partial charge >= 0.3 is 0 Å². The van der Waals surface area contributed by atoms with Gasteiger partial charge < -0.3 is 10.6 Å². The number of anilines is 2. The molecule has 2 aliphatic carbocycles. The highest BCUT2D eigenvalue weighted by Gasteiger charge is 2.27. The highest BCUT2D eigenvalue weighted by molar-refractivity contribution is 6.05. The molecule has 1 aliphatic heterocycles. The van der Waals surface area contributed by atoms with Crippen molar-refractivity contribution >= 4 is 23.7 Å². The maximum atomic E-state index is 4.56. The van der Waals surface area contributed by atoms with Gasteiger partial charge in [-0.1, -0.05) is 30.4 Å². The van der Waals surface area contributed by atoms with Crippen LogP contribution in [0.15, 0.2) is 53.2 Å². The van der Waals surface area contributed by atoms with Crippen molar-refractivity contribution in [2.24, 2.45) is 10.9 Å². The average molecular weight is 343 g/mol. The molecule has 0 unspecified atom stereocenters. The first-order valence-electron chi connectivity index (χ1n) is 9.21. The van der Waals surface area contributed by atoms with Gasteiger partial charge in [-0.2, -0.15) is 4.98 Å². The fraction of sp³-hybridized carbons (Fsp3) is 0.286. The number of nitrogens with one attached hydrogen (secondary N) is 2. The van der Waals surface area contributed by atoms with Gasteiger partial charge in [0, 0.05) is 12.7 Å². The molecular weight excluding hydrogens is 322 g/mol. The Bertz CT molecular complexity index is 937. The minimum absolute atomic E-state index is 0.624. The van der Waals surface area contributed by atoms with E-state index in [1.807, 2.05) is 6.07 Å². The van der Waals surface area contributed by atoms with E-state index in [9.17, 15) is 0 Å². The zero-order chi connectivity index (χ0) is 17.3. The van der Waals surface area contributed by atoms with Crippen molar-refractivity contribution in [2.75, 3.05) is 17.2 Å². The monoisotopic (exact) mass is 343 g/mol. The SMILES string of the molecule is C1=Cc2ccc(CNc3nccc(NC4=NCC(C5CC5)=C4)n3)cc2C1. The number of fused-ring (bicyclic) bond motifs is 1. The van der Waals surface area contributed by atoms with Crippen molar-refractivity contribution in [1.29, 1.82) is 0 Å². The Balaban J connectivity index is 1.22. The van der Waals surface area contributed by atoms with Crippen LogP contribution < -0.4 is 10.6 Å². The lowest BCUT2D eigenvalue weighted by atomic mass is 10.1. The first kappa shape index (κ1) is 15.3. The molecule has 0 radical (unpaired) electrons. The Morgan fingerprint density at radius 1 is 1.15 bits per heavy atom. The van der Waals surface area contributed by atoms with Crippen molar-refractivity contribution in [3.63, 3.8) is 0 Å². The Morgan fingerprint density at radius 2 is 2.12 bits per heavy atom. The summed E-state index contributed by atoms with van der Waals surface area (Å²) >= 11 is 0. The second-order valence-corrected chi connectivity index (χ2v) is 7.08. The second kappa shape index (κ2) is 6.41. The van der Waals surface area contributed by atoms with Crippen LogP contribution >= 0.6 is 0 Å². The molecule has 0 saturated heterocycles. The van der Waals surface area contributed by atoms with Crippen LogP contribution in [0.25, 0.3) is 6.08 Å². The molecule has 2 N–H and O–H groups in total. The Labute approximate surface area is 153 Å². The summed E-state index contributed by atoms with van der Waals surface area (Å²) < 4.78 is 0. The smallest absolute Gasteiger partial charge is 0.224 e. The van der Waals surface area contributed by atoms with E-state index < -0.39 is 0 Å². The zero-order valence-corrected chi connectivity index (χ0v) is 14.6. The van der Waals surface area contributed by atoms with E-state index in [0.717, 1.165) is 30.5 Å². The average Bonchev–Trinajstić information content (AvgIpc) is 3.23. The van der Waals surface area contributed by atoms with Crippen LogP contribution in [-0.4, -0.2) is 22.3 Å². The minimum Gasteiger partial charge on any atom is -0.350 e. The first-order valence-corrected chi connectivity index (χ1v) is 9.21. The van der Waals surface area contributed by atoms with Gasteiger partial charge in [-0.15, -0.1) is 0 Å². The predicted molar refractivity (Wildman–Crippen MR) is 105 cm³/mol. The number of aromatic nitrogens is 2. The highest BCUT2D eigenvalue weighted by Crippen LogP contribution is 2.37. The van der Waals surface area contributed by atoms with Crippen LogP contribution in [0.5, 0.6) is 0 Å². The summed E-state index contributed by atoms with van der Waals surface area (Å²) in [6.45, 7) is 1.54. The number of rotatable bonds is 5. The third-order valence-corrected chi connectivity index (χ3v) is 5.06. The van der Waals surface area contributed by atoms with Crippen molar-refractivity contribution in [1.82, 2.24) is 9.97 Å². The third kappa shape index (κ3) is 3.25. The molecule has 2 aromatic rings. The van der Waals surface area contributed by atoms with Crippen LogP contribution in [0.1, 0.15) is 29.5 Å². The molecule has 1 aromatic carbocycles. The number of benzene rings is 1. The topological polar surface area (TPSA) is 62.2 Å². The van der Waals surface area contributed by atoms with Crippen molar-refractivity contribution in [2.45, 2.75) is 25.8 Å².